The van der Waals surface area contributed by atoms with Crippen LogP contribution in [0.5, 0.6) is 5.75 Å². The monoisotopic (exact) mass is 312 g/mol. The van der Waals surface area contributed by atoms with Gasteiger partial charge < -0.3 is 15.0 Å². The maximum Gasteiger partial charge on any atom is 0.240 e. The van der Waals surface area contributed by atoms with Crippen LogP contribution >= 0.6 is 0 Å². The Kier molecular flexibility index (Phi) is 4.43. The van der Waals surface area contributed by atoms with Gasteiger partial charge in [0, 0.05) is 19.9 Å². The van der Waals surface area contributed by atoms with Crippen LogP contribution in [0.15, 0.2) is 27.6 Å². The first-order valence-electron chi connectivity index (χ1n) is 6.15. The lowest BCUT2D eigenvalue weighted by Gasteiger charge is -2.08. The van der Waals surface area contributed by atoms with E-state index in [0.29, 0.717) is 23.9 Å². The molecule has 1 aromatic carbocycles. The van der Waals surface area contributed by atoms with Gasteiger partial charge in [-0.1, -0.05) is 5.16 Å². The van der Waals surface area contributed by atoms with Crippen molar-refractivity contribution in [1.82, 2.24) is 14.9 Å². The second-order valence-corrected chi connectivity index (χ2v) is 6.05. The highest BCUT2D eigenvalue weighted by molar-refractivity contribution is 7.89. The molecular weight excluding hydrogens is 296 g/mol. The molecule has 0 unspecified atom stereocenters. The van der Waals surface area contributed by atoms with Gasteiger partial charge in [-0.3, -0.25) is 0 Å². The molecule has 21 heavy (non-hydrogen) atoms. The molecule has 0 atom stereocenters. The van der Waals surface area contributed by atoms with Gasteiger partial charge in [0.1, 0.15) is 5.75 Å². The SMILES string of the molecule is COc1ccc(S(=O)(=O)NCCc2noc(C)n2)cc1N. The number of hydrogen-bond donors (Lipinski definition) is 2. The fourth-order valence-electron chi connectivity index (χ4n) is 1.70. The van der Waals surface area contributed by atoms with E-state index in [1.807, 2.05) is 0 Å². The van der Waals surface area contributed by atoms with Gasteiger partial charge >= 0.3 is 0 Å². The van der Waals surface area contributed by atoms with E-state index in [1.165, 1.54) is 25.3 Å². The van der Waals surface area contributed by atoms with Gasteiger partial charge in [-0.05, 0) is 18.2 Å². The van der Waals surface area contributed by atoms with E-state index >= 15 is 0 Å². The summed E-state index contributed by atoms with van der Waals surface area (Å²) in [6.45, 7) is 1.83. The molecule has 1 aromatic heterocycles. The molecule has 0 aliphatic carbocycles. The summed E-state index contributed by atoms with van der Waals surface area (Å²) in [5.41, 5.74) is 5.96. The fraction of sp³-hybridized carbons (Fsp3) is 0.333. The van der Waals surface area contributed by atoms with Crippen molar-refractivity contribution in [3.63, 3.8) is 0 Å². The minimum atomic E-state index is -3.64. The number of methoxy groups -OCH3 is 1. The first-order valence-corrected chi connectivity index (χ1v) is 7.63. The molecule has 3 N–H and O–H groups in total. The fourth-order valence-corrected chi connectivity index (χ4v) is 2.77. The van der Waals surface area contributed by atoms with E-state index < -0.39 is 10.0 Å². The number of sulfonamides is 1. The summed E-state index contributed by atoms with van der Waals surface area (Å²) in [5, 5.41) is 3.69. The molecular formula is C12H16N4O4S. The summed E-state index contributed by atoms with van der Waals surface area (Å²) in [5.74, 6) is 1.32. The average molecular weight is 312 g/mol. The molecule has 2 rings (SSSR count). The molecule has 0 fully saturated rings. The van der Waals surface area contributed by atoms with Gasteiger partial charge in [0.15, 0.2) is 5.82 Å². The van der Waals surface area contributed by atoms with Gasteiger partial charge in [0.25, 0.3) is 0 Å². The van der Waals surface area contributed by atoms with E-state index in [9.17, 15) is 8.42 Å². The highest BCUT2D eigenvalue weighted by atomic mass is 32.2. The van der Waals surface area contributed by atoms with E-state index in [-0.39, 0.29) is 17.1 Å². The predicted octanol–water partition coefficient (Wildman–Crippen LogP) is 0.490. The van der Waals surface area contributed by atoms with Crippen molar-refractivity contribution in [3.8, 4) is 5.75 Å². The van der Waals surface area contributed by atoms with Gasteiger partial charge in [-0.2, -0.15) is 4.98 Å². The molecule has 0 spiro atoms. The molecule has 9 heteroatoms. The Morgan fingerprint density at radius 3 is 2.76 bits per heavy atom. The molecule has 0 aliphatic heterocycles. The third-order valence-corrected chi connectivity index (χ3v) is 4.18. The van der Waals surface area contributed by atoms with Crippen LogP contribution < -0.4 is 15.2 Å². The summed E-state index contributed by atoms with van der Waals surface area (Å²) in [6, 6.07) is 4.28. The van der Waals surface area contributed by atoms with Crippen molar-refractivity contribution in [3.05, 3.63) is 29.9 Å². The van der Waals surface area contributed by atoms with Crippen molar-refractivity contribution < 1.29 is 17.7 Å². The lowest BCUT2D eigenvalue weighted by molar-refractivity contribution is 0.387. The number of anilines is 1. The van der Waals surface area contributed by atoms with Crippen LogP contribution in [-0.4, -0.2) is 32.2 Å². The number of rotatable bonds is 6. The number of aryl methyl sites for hydroxylation is 1. The van der Waals surface area contributed by atoms with Crippen LogP contribution in [0.3, 0.4) is 0 Å². The van der Waals surface area contributed by atoms with Crippen LogP contribution in [0.4, 0.5) is 5.69 Å². The van der Waals surface area contributed by atoms with Gasteiger partial charge in [0.05, 0.1) is 17.7 Å². The van der Waals surface area contributed by atoms with Gasteiger partial charge in [-0.25, -0.2) is 13.1 Å². The number of hydrogen-bond acceptors (Lipinski definition) is 7. The first kappa shape index (κ1) is 15.3. The maximum atomic E-state index is 12.1. The molecule has 8 nitrogen and oxygen atoms in total. The highest BCUT2D eigenvalue weighted by Gasteiger charge is 2.15. The van der Waals surface area contributed by atoms with E-state index in [0.717, 1.165) is 0 Å². The third-order valence-electron chi connectivity index (χ3n) is 2.72. The first-order chi connectivity index (χ1) is 9.92. The smallest absolute Gasteiger partial charge is 0.240 e. The lowest BCUT2D eigenvalue weighted by Crippen LogP contribution is -2.26. The van der Waals surface area contributed by atoms with Crippen molar-refractivity contribution >= 4 is 15.7 Å². The molecule has 0 aliphatic rings. The summed E-state index contributed by atoms with van der Waals surface area (Å²) >= 11 is 0. The molecule has 0 amide bonds. The van der Waals surface area contributed by atoms with Crippen LogP contribution in [0.25, 0.3) is 0 Å². The molecule has 114 valence electrons. The van der Waals surface area contributed by atoms with Crippen LogP contribution in [0.2, 0.25) is 0 Å². The molecule has 0 radical (unpaired) electrons. The van der Waals surface area contributed by atoms with E-state index in [4.69, 9.17) is 15.0 Å². The Hall–Kier alpha value is -2.13. The molecule has 0 saturated heterocycles. The van der Waals surface area contributed by atoms with Crippen LogP contribution in [0, 0.1) is 6.92 Å². The normalized spacial score (nSPS) is 11.5. The molecule has 2 aromatic rings. The highest BCUT2D eigenvalue weighted by Crippen LogP contribution is 2.24. The minimum absolute atomic E-state index is 0.0742. The Labute approximate surface area is 122 Å². The number of nitrogens with two attached hydrogens (primary N) is 1. The quantitative estimate of drug-likeness (QED) is 0.745. The van der Waals surface area contributed by atoms with Crippen molar-refractivity contribution in [2.24, 2.45) is 0 Å². The van der Waals surface area contributed by atoms with Crippen LogP contribution in [0.1, 0.15) is 11.7 Å². The Morgan fingerprint density at radius 1 is 1.43 bits per heavy atom. The van der Waals surface area contributed by atoms with Gasteiger partial charge in [0.2, 0.25) is 15.9 Å². The zero-order chi connectivity index (χ0) is 15.5. The number of nitrogens with zero attached hydrogens (tertiary/aromatic N) is 2. The number of ether oxygens (including phenoxy) is 1. The zero-order valence-corrected chi connectivity index (χ0v) is 12.5. The Bertz CT molecular complexity index is 727. The topological polar surface area (TPSA) is 120 Å². The van der Waals surface area contributed by atoms with Gasteiger partial charge in [-0.15, -0.1) is 0 Å². The van der Waals surface area contributed by atoms with E-state index in [1.54, 1.807) is 6.92 Å². The third kappa shape index (κ3) is 3.70. The number of nitrogens with one attached hydrogen (secondary N) is 1. The second kappa shape index (κ2) is 6.10. The maximum absolute atomic E-state index is 12.1. The summed E-state index contributed by atoms with van der Waals surface area (Å²) in [4.78, 5) is 4.06. The number of aromatic nitrogens is 2. The Balaban J connectivity index is 2.02. The predicted molar refractivity (Wildman–Crippen MR) is 75.3 cm³/mol. The zero-order valence-electron chi connectivity index (χ0n) is 11.7. The summed E-state index contributed by atoms with van der Waals surface area (Å²) in [6.07, 6.45) is 0.336. The summed E-state index contributed by atoms with van der Waals surface area (Å²) in [7, 11) is -2.18. The number of benzene rings is 1. The number of nitrogen functional groups attached to an aromatic ring is 1. The molecule has 0 bridgehead atoms. The molecule has 0 saturated carbocycles. The second-order valence-electron chi connectivity index (χ2n) is 4.28. The van der Waals surface area contributed by atoms with Crippen molar-refractivity contribution in [2.45, 2.75) is 18.2 Å². The summed E-state index contributed by atoms with van der Waals surface area (Å²) < 4.78 is 36.5. The van der Waals surface area contributed by atoms with Crippen LogP contribution in [-0.2, 0) is 16.4 Å². The minimum Gasteiger partial charge on any atom is -0.495 e. The lowest BCUT2D eigenvalue weighted by atomic mass is 10.3. The van der Waals surface area contributed by atoms with Crippen molar-refractivity contribution in [1.29, 1.82) is 0 Å². The van der Waals surface area contributed by atoms with E-state index in [2.05, 4.69) is 14.9 Å². The van der Waals surface area contributed by atoms with Crippen molar-refractivity contribution in [2.75, 3.05) is 19.4 Å². The standard InChI is InChI=1S/C12H16N4O4S/c1-8-15-12(16-20-8)5-6-14-21(17,18)9-3-4-11(19-2)10(13)7-9/h3-4,7,14H,5-6,13H2,1-2H3. The molecule has 1 heterocycles. The Morgan fingerprint density at radius 2 is 2.19 bits per heavy atom. The average Bonchev–Trinajstić information content (AvgIpc) is 2.84. The largest absolute Gasteiger partial charge is 0.495 e.